The Kier molecular flexibility index (Phi) is 6.71. The quantitative estimate of drug-likeness (QED) is 0.470. The minimum atomic E-state index is -3.67. The molecule has 3 aromatic rings. The van der Waals surface area contributed by atoms with Gasteiger partial charge in [-0.15, -0.1) is 0 Å². The smallest absolute Gasteiger partial charge is 0.264 e. The molecular formula is C22H21BrN2O3S. The molecule has 0 saturated heterocycles. The number of ketones is 1. The minimum Gasteiger partial charge on any atom is -0.378 e. The second-order valence-corrected chi connectivity index (χ2v) is 9.09. The zero-order valence-corrected chi connectivity index (χ0v) is 18.3. The Morgan fingerprint density at radius 1 is 0.931 bits per heavy atom. The summed E-state index contributed by atoms with van der Waals surface area (Å²) >= 11 is 3.34. The first-order valence-electron chi connectivity index (χ1n) is 9.12. The Balaban J connectivity index is 1.70. The van der Waals surface area contributed by atoms with E-state index in [0.717, 1.165) is 4.47 Å². The summed E-state index contributed by atoms with van der Waals surface area (Å²) in [5.41, 5.74) is 1.91. The number of sulfonamides is 1. The van der Waals surface area contributed by atoms with Crippen LogP contribution in [0.2, 0.25) is 0 Å². The molecular weight excluding hydrogens is 452 g/mol. The van der Waals surface area contributed by atoms with Crippen molar-refractivity contribution in [3.63, 3.8) is 0 Å². The second-order valence-electron chi connectivity index (χ2n) is 6.31. The van der Waals surface area contributed by atoms with Crippen molar-refractivity contribution in [2.45, 2.75) is 11.8 Å². The molecule has 0 aliphatic heterocycles. The molecule has 0 aromatic heterocycles. The summed E-state index contributed by atoms with van der Waals surface area (Å²) in [7, 11) is -3.67. The molecule has 0 radical (unpaired) electrons. The molecule has 1 N–H and O–H groups in total. The molecule has 29 heavy (non-hydrogen) atoms. The average molecular weight is 473 g/mol. The van der Waals surface area contributed by atoms with E-state index >= 15 is 0 Å². The number of carbonyl (C=O) groups is 1. The van der Waals surface area contributed by atoms with Crippen LogP contribution in [-0.2, 0) is 10.0 Å². The van der Waals surface area contributed by atoms with Gasteiger partial charge in [0.05, 0.1) is 17.1 Å². The lowest BCUT2D eigenvalue weighted by Crippen LogP contribution is -2.30. The Hall–Kier alpha value is -2.64. The SMILES string of the molecule is CCN(c1ccccc1)S(=O)(=O)c1ccc(NCC(=O)c2ccc(Br)cc2)cc1. The van der Waals surface area contributed by atoms with Gasteiger partial charge < -0.3 is 5.32 Å². The van der Waals surface area contributed by atoms with E-state index in [9.17, 15) is 13.2 Å². The van der Waals surface area contributed by atoms with Crippen LogP contribution in [-0.4, -0.2) is 27.3 Å². The highest BCUT2D eigenvalue weighted by atomic mass is 79.9. The summed E-state index contributed by atoms with van der Waals surface area (Å²) in [4.78, 5) is 12.5. The number of anilines is 2. The summed E-state index contributed by atoms with van der Waals surface area (Å²) < 4.78 is 28.3. The number of carbonyl (C=O) groups excluding carboxylic acids is 1. The van der Waals surface area contributed by atoms with Crippen molar-refractivity contribution in [3.8, 4) is 0 Å². The van der Waals surface area contributed by atoms with E-state index < -0.39 is 10.0 Å². The number of benzene rings is 3. The first-order valence-corrected chi connectivity index (χ1v) is 11.4. The van der Waals surface area contributed by atoms with Crippen LogP contribution in [0.3, 0.4) is 0 Å². The fourth-order valence-electron chi connectivity index (χ4n) is 2.88. The number of rotatable bonds is 8. The number of para-hydroxylation sites is 1. The van der Waals surface area contributed by atoms with Crippen LogP contribution in [0.15, 0.2) is 88.2 Å². The van der Waals surface area contributed by atoms with Gasteiger partial charge in [0.1, 0.15) is 0 Å². The maximum absolute atomic E-state index is 13.0. The number of Topliss-reactive ketones (excluding diaryl/α,β-unsaturated/α-hetero) is 1. The van der Waals surface area contributed by atoms with Gasteiger partial charge in [0.2, 0.25) is 0 Å². The van der Waals surface area contributed by atoms with Crippen molar-refractivity contribution < 1.29 is 13.2 Å². The van der Waals surface area contributed by atoms with Crippen LogP contribution in [0.25, 0.3) is 0 Å². The highest BCUT2D eigenvalue weighted by molar-refractivity contribution is 9.10. The van der Waals surface area contributed by atoms with E-state index in [1.165, 1.54) is 4.31 Å². The third-order valence-corrected chi connectivity index (χ3v) is 6.84. The second kappa shape index (κ2) is 9.24. The fourth-order valence-corrected chi connectivity index (χ4v) is 4.62. The Morgan fingerprint density at radius 3 is 2.14 bits per heavy atom. The first-order chi connectivity index (χ1) is 13.9. The summed E-state index contributed by atoms with van der Waals surface area (Å²) in [5, 5.41) is 3.04. The van der Waals surface area contributed by atoms with Crippen molar-refractivity contribution in [1.29, 1.82) is 0 Å². The minimum absolute atomic E-state index is 0.0459. The lowest BCUT2D eigenvalue weighted by atomic mass is 10.1. The molecule has 0 amide bonds. The molecule has 0 atom stereocenters. The van der Waals surface area contributed by atoms with Crippen molar-refractivity contribution in [1.82, 2.24) is 0 Å². The van der Waals surface area contributed by atoms with Gasteiger partial charge >= 0.3 is 0 Å². The molecule has 3 aromatic carbocycles. The molecule has 0 spiro atoms. The van der Waals surface area contributed by atoms with Crippen LogP contribution in [0.4, 0.5) is 11.4 Å². The molecule has 3 rings (SSSR count). The molecule has 0 aliphatic carbocycles. The Morgan fingerprint density at radius 2 is 1.55 bits per heavy atom. The zero-order valence-electron chi connectivity index (χ0n) is 15.9. The molecule has 0 bridgehead atoms. The third-order valence-electron chi connectivity index (χ3n) is 4.39. The van der Waals surface area contributed by atoms with Gasteiger partial charge in [0.25, 0.3) is 10.0 Å². The van der Waals surface area contributed by atoms with E-state index in [2.05, 4.69) is 21.2 Å². The molecule has 0 saturated carbocycles. The molecule has 0 fully saturated rings. The predicted molar refractivity (Wildman–Crippen MR) is 120 cm³/mol. The summed E-state index contributed by atoms with van der Waals surface area (Å²) in [6.07, 6.45) is 0. The number of halogens is 1. The van der Waals surface area contributed by atoms with E-state index in [1.54, 1.807) is 55.5 Å². The lowest BCUT2D eigenvalue weighted by molar-refractivity contribution is 0.101. The topological polar surface area (TPSA) is 66.5 Å². The van der Waals surface area contributed by atoms with Gasteiger partial charge in [-0.25, -0.2) is 8.42 Å². The van der Waals surface area contributed by atoms with E-state index in [4.69, 9.17) is 0 Å². The lowest BCUT2D eigenvalue weighted by Gasteiger charge is -2.23. The van der Waals surface area contributed by atoms with Crippen LogP contribution in [0.1, 0.15) is 17.3 Å². The molecule has 0 heterocycles. The largest absolute Gasteiger partial charge is 0.378 e. The van der Waals surface area contributed by atoms with E-state index in [0.29, 0.717) is 23.5 Å². The normalized spacial score (nSPS) is 11.1. The Labute approximate surface area is 179 Å². The highest BCUT2D eigenvalue weighted by Crippen LogP contribution is 2.24. The fraction of sp³-hybridized carbons (Fsp3) is 0.136. The van der Waals surface area contributed by atoms with Crippen molar-refractivity contribution in [2.75, 3.05) is 22.7 Å². The van der Waals surface area contributed by atoms with Crippen LogP contribution in [0.5, 0.6) is 0 Å². The third kappa shape index (κ3) is 5.05. The molecule has 0 unspecified atom stereocenters. The predicted octanol–water partition coefficient (Wildman–Crippen LogP) is 4.96. The van der Waals surface area contributed by atoms with Gasteiger partial charge in [0, 0.05) is 22.3 Å². The summed E-state index contributed by atoms with van der Waals surface area (Å²) in [5.74, 6) is -0.0459. The number of nitrogens with zero attached hydrogens (tertiary/aromatic N) is 1. The molecule has 0 aliphatic rings. The summed E-state index contributed by atoms with van der Waals surface area (Å²) in [6, 6.07) is 22.6. The van der Waals surface area contributed by atoms with Gasteiger partial charge in [-0.3, -0.25) is 9.10 Å². The van der Waals surface area contributed by atoms with E-state index in [-0.39, 0.29) is 17.2 Å². The number of hydrogen-bond acceptors (Lipinski definition) is 4. The average Bonchev–Trinajstić information content (AvgIpc) is 2.74. The van der Waals surface area contributed by atoms with Crippen molar-refractivity contribution >= 4 is 43.1 Å². The Bertz CT molecular complexity index is 1070. The van der Waals surface area contributed by atoms with Gasteiger partial charge in [-0.05, 0) is 55.5 Å². The maximum atomic E-state index is 13.0. The van der Waals surface area contributed by atoms with Gasteiger partial charge in [-0.1, -0.05) is 46.3 Å². The van der Waals surface area contributed by atoms with Crippen LogP contribution < -0.4 is 9.62 Å². The van der Waals surface area contributed by atoms with Crippen molar-refractivity contribution in [3.05, 3.63) is 88.9 Å². The van der Waals surface area contributed by atoms with Gasteiger partial charge in [-0.2, -0.15) is 0 Å². The van der Waals surface area contributed by atoms with Crippen LogP contribution in [0, 0.1) is 0 Å². The standard InChI is InChI=1S/C22H21BrN2O3S/c1-2-25(20-6-4-3-5-7-20)29(27,28)21-14-12-19(13-15-21)24-16-22(26)17-8-10-18(23)11-9-17/h3-15,24H,2,16H2,1H3. The molecule has 7 heteroatoms. The maximum Gasteiger partial charge on any atom is 0.264 e. The molecule has 5 nitrogen and oxygen atoms in total. The van der Waals surface area contributed by atoms with Crippen LogP contribution >= 0.6 is 15.9 Å². The monoisotopic (exact) mass is 472 g/mol. The number of nitrogens with one attached hydrogen (secondary N) is 1. The van der Waals surface area contributed by atoms with E-state index in [1.807, 2.05) is 30.3 Å². The first kappa shape index (κ1) is 21.1. The molecule has 150 valence electrons. The highest BCUT2D eigenvalue weighted by Gasteiger charge is 2.23. The van der Waals surface area contributed by atoms with Gasteiger partial charge in [0.15, 0.2) is 5.78 Å². The number of hydrogen-bond donors (Lipinski definition) is 1. The van der Waals surface area contributed by atoms with Crippen molar-refractivity contribution in [2.24, 2.45) is 0 Å². The summed E-state index contributed by atoms with van der Waals surface area (Å²) in [6.45, 7) is 2.25. The zero-order chi connectivity index (χ0) is 20.9.